The van der Waals surface area contributed by atoms with Crippen LogP contribution in [0.2, 0.25) is 0 Å². The second kappa shape index (κ2) is 11.0. The lowest BCUT2D eigenvalue weighted by Crippen LogP contribution is -2.52. The van der Waals surface area contributed by atoms with E-state index in [2.05, 4.69) is 20.5 Å². The lowest BCUT2D eigenvalue weighted by Gasteiger charge is -2.35. The number of morpholine rings is 1. The molecule has 0 spiro atoms. The maximum atomic E-state index is 12.6. The van der Waals surface area contributed by atoms with Crippen molar-refractivity contribution in [1.29, 1.82) is 0 Å². The zero-order valence-electron chi connectivity index (χ0n) is 17.0. The van der Waals surface area contributed by atoms with E-state index in [1.807, 2.05) is 0 Å². The van der Waals surface area contributed by atoms with Gasteiger partial charge in [-0.1, -0.05) is 0 Å². The van der Waals surface area contributed by atoms with E-state index in [1.165, 1.54) is 12.8 Å². The van der Waals surface area contributed by atoms with E-state index in [0.717, 1.165) is 19.7 Å². The van der Waals surface area contributed by atoms with Gasteiger partial charge in [0.05, 0.1) is 12.7 Å². The van der Waals surface area contributed by atoms with E-state index in [4.69, 9.17) is 4.74 Å². The first-order valence-corrected chi connectivity index (χ1v) is 11.5. The molecule has 3 aliphatic rings. The number of sulfonamides is 1. The van der Waals surface area contributed by atoms with Gasteiger partial charge in [-0.05, 0) is 38.1 Å². The van der Waals surface area contributed by atoms with Crippen molar-refractivity contribution in [3.63, 3.8) is 0 Å². The maximum Gasteiger partial charge on any atom is 0.511 e. The SMILES string of the molecule is CN=C(NCC1CCN(S(=O)(=O)C(F)(F)F)CC1)NCC1CN2CCCC2CO1.I. The second-order valence-electron chi connectivity index (χ2n) is 7.87. The summed E-state index contributed by atoms with van der Waals surface area (Å²) in [5.74, 6) is 0.701. The van der Waals surface area contributed by atoms with Gasteiger partial charge in [0.25, 0.3) is 0 Å². The fourth-order valence-corrected chi connectivity index (χ4v) is 5.17. The van der Waals surface area contributed by atoms with Gasteiger partial charge in [0.1, 0.15) is 0 Å². The van der Waals surface area contributed by atoms with Crippen molar-refractivity contribution in [2.75, 3.05) is 52.9 Å². The molecule has 3 heterocycles. The van der Waals surface area contributed by atoms with Gasteiger partial charge in [-0.3, -0.25) is 9.89 Å². The van der Waals surface area contributed by atoms with Gasteiger partial charge in [-0.15, -0.1) is 24.0 Å². The molecule has 13 heteroatoms. The molecular weight excluding hydrogens is 538 g/mol. The van der Waals surface area contributed by atoms with Crippen LogP contribution in [0.5, 0.6) is 0 Å². The van der Waals surface area contributed by atoms with Gasteiger partial charge in [0, 0.05) is 45.8 Å². The molecule has 0 amide bonds. The summed E-state index contributed by atoms with van der Waals surface area (Å²) in [5, 5.41) is 6.43. The van der Waals surface area contributed by atoms with Crippen molar-refractivity contribution >= 4 is 40.0 Å². The molecule has 3 saturated heterocycles. The third kappa shape index (κ3) is 6.33. The number of nitrogens with one attached hydrogen (secondary N) is 2. The summed E-state index contributed by atoms with van der Waals surface area (Å²) in [5.41, 5.74) is -5.24. The fraction of sp³-hybridized carbons (Fsp3) is 0.941. The minimum Gasteiger partial charge on any atom is -0.373 e. The predicted molar refractivity (Wildman–Crippen MR) is 118 cm³/mol. The Morgan fingerprint density at radius 1 is 1.13 bits per heavy atom. The number of fused-ring (bicyclic) bond motifs is 1. The quantitative estimate of drug-likeness (QED) is 0.294. The predicted octanol–water partition coefficient (Wildman–Crippen LogP) is 1.19. The Kier molecular flexibility index (Phi) is 9.46. The molecule has 0 saturated carbocycles. The Morgan fingerprint density at radius 2 is 1.80 bits per heavy atom. The van der Waals surface area contributed by atoms with Crippen molar-refractivity contribution in [2.45, 2.75) is 43.3 Å². The van der Waals surface area contributed by atoms with Crippen molar-refractivity contribution in [1.82, 2.24) is 19.8 Å². The zero-order valence-corrected chi connectivity index (χ0v) is 20.2. The van der Waals surface area contributed by atoms with Crippen LogP contribution in [0.15, 0.2) is 4.99 Å². The maximum absolute atomic E-state index is 12.6. The number of piperidine rings is 1. The average Bonchev–Trinajstić information content (AvgIpc) is 3.15. The molecule has 0 aromatic carbocycles. The molecule has 3 aliphatic heterocycles. The fourth-order valence-electron chi connectivity index (χ4n) is 4.18. The molecule has 8 nitrogen and oxygen atoms in total. The highest BCUT2D eigenvalue weighted by molar-refractivity contribution is 14.0. The summed E-state index contributed by atoms with van der Waals surface area (Å²) in [4.78, 5) is 6.65. The van der Waals surface area contributed by atoms with Gasteiger partial charge in [0.2, 0.25) is 0 Å². The summed E-state index contributed by atoms with van der Waals surface area (Å²) in [6.45, 7) is 3.71. The summed E-state index contributed by atoms with van der Waals surface area (Å²) in [6, 6.07) is 0.552. The van der Waals surface area contributed by atoms with E-state index in [9.17, 15) is 21.6 Å². The van der Waals surface area contributed by atoms with Gasteiger partial charge >= 0.3 is 15.5 Å². The topological polar surface area (TPSA) is 86.3 Å². The van der Waals surface area contributed by atoms with Gasteiger partial charge in [0.15, 0.2) is 5.96 Å². The number of nitrogens with zero attached hydrogens (tertiary/aromatic N) is 3. The lowest BCUT2D eigenvalue weighted by molar-refractivity contribution is -0.0496. The molecule has 0 aromatic rings. The number of alkyl halides is 3. The zero-order chi connectivity index (χ0) is 21.1. The van der Waals surface area contributed by atoms with Gasteiger partial charge < -0.3 is 15.4 Å². The molecule has 176 valence electrons. The highest BCUT2D eigenvalue weighted by Gasteiger charge is 2.50. The number of rotatable bonds is 5. The van der Waals surface area contributed by atoms with Crippen molar-refractivity contribution in [2.24, 2.45) is 10.9 Å². The third-order valence-electron chi connectivity index (χ3n) is 5.95. The van der Waals surface area contributed by atoms with Crippen LogP contribution in [0.25, 0.3) is 0 Å². The Balaban J connectivity index is 0.00000320. The summed E-state index contributed by atoms with van der Waals surface area (Å²) in [6.07, 6.45) is 3.27. The Hall–Kier alpha value is -0.380. The number of guanidine groups is 1. The minimum atomic E-state index is -5.24. The molecule has 0 aliphatic carbocycles. The smallest absolute Gasteiger partial charge is 0.373 e. The summed E-state index contributed by atoms with van der Waals surface area (Å²) in [7, 11) is -3.57. The van der Waals surface area contributed by atoms with Crippen LogP contribution in [-0.4, -0.2) is 94.2 Å². The number of hydrogen-bond donors (Lipinski definition) is 2. The number of aliphatic imine (C=N–C) groups is 1. The summed E-state index contributed by atoms with van der Waals surface area (Å²) < 4.78 is 67.3. The number of halogens is 4. The van der Waals surface area contributed by atoms with E-state index >= 15 is 0 Å². The monoisotopic (exact) mass is 569 g/mol. The lowest BCUT2D eigenvalue weighted by atomic mass is 9.98. The van der Waals surface area contributed by atoms with E-state index in [0.29, 0.717) is 42.2 Å². The van der Waals surface area contributed by atoms with Crippen LogP contribution in [0.4, 0.5) is 13.2 Å². The molecule has 2 unspecified atom stereocenters. The highest BCUT2D eigenvalue weighted by atomic mass is 127. The van der Waals surface area contributed by atoms with Crippen molar-refractivity contribution in [3.05, 3.63) is 0 Å². The van der Waals surface area contributed by atoms with Crippen molar-refractivity contribution < 1.29 is 26.3 Å². The van der Waals surface area contributed by atoms with Gasteiger partial charge in [-0.25, -0.2) is 8.42 Å². The standard InChI is InChI=1S/C17H30F3N5O3S.HI/c1-21-16(23-10-15-11-24-6-2-3-14(24)12-28-15)22-9-13-4-7-25(8-5-13)29(26,27)17(18,19)20;/h13-15H,2-12H2,1H3,(H2,21,22,23);1H. The molecule has 2 atom stereocenters. The van der Waals surface area contributed by atoms with Crippen LogP contribution in [-0.2, 0) is 14.8 Å². The van der Waals surface area contributed by atoms with Crippen molar-refractivity contribution in [3.8, 4) is 0 Å². The molecule has 0 aromatic heterocycles. The normalized spacial score (nSPS) is 27.4. The van der Waals surface area contributed by atoms with Crippen LogP contribution in [0, 0.1) is 5.92 Å². The molecule has 30 heavy (non-hydrogen) atoms. The molecular formula is C17H31F3IN5O3S. The first-order chi connectivity index (χ1) is 13.7. The molecule has 2 N–H and O–H groups in total. The minimum absolute atomic E-state index is 0. The Bertz CT molecular complexity index is 687. The third-order valence-corrected chi connectivity index (χ3v) is 7.58. The molecule has 0 radical (unpaired) electrons. The largest absolute Gasteiger partial charge is 0.511 e. The van der Waals surface area contributed by atoms with Crippen LogP contribution >= 0.6 is 24.0 Å². The average molecular weight is 569 g/mol. The highest BCUT2D eigenvalue weighted by Crippen LogP contribution is 2.30. The van der Waals surface area contributed by atoms with E-state index in [1.54, 1.807) is 7.05 Å². The van der Waals surface area contributed by atoms with E-state index < -0.39 is 15.5 Å². The first kappa shape index (κ1) is 25.9. The van der Waals surface area contributed by atoms with Crippen LogP contribution < -0.4 is 10.6 Å². The van der Waals surface area contributed by atoms with Gasteiger partial charge in [-0.2, -0.15) is 17.5 Å². The summed E-state index contributed by atoms with van der Waals surface area (Å²) >= 11 is 0. The molecule has 3 fully saturated rings. The van der Waals surface area contributed by atoms with Crippen LogP contribution in [0.1, 0.15) is 25.7 Å². The molecule has 3 rings (SSSR count). The van der Waals surface area contributed by atoms with E-state index in [-0.39, 0.29) is 49.1 Å². The second-order valence-corrected chi connectivity index (χ2v) is 9.80. The van der Waals surface area contributed by atoms with Crippen LogP contribution in [0.3, 0.4) is 0 Å². The first-order valence-electron chi connectivity index (χ1n) is 10.1. The number of hydrogen-bond acceptors (Lipinski definition) is 5. The Labute approximate surface area is 193 Å². The molecule has 0 bridgehead atoms. The Morgan fingerprint density at radius 3 is 2.43 bits per heavy atom. The number of ether oxygens (including phenoxy) is 1.